The van der Waals surface area contributed by atoms with Gasteiger partial charge < -0.3 is 14.8 Å². The van der Waals surface area contributed by atoms with Gasteiger partial charge in [-0.25, -0.2) is 0 Å². The molecule has 0 saturated carbocycles. The van der Waals surface area contributed by atoms with Gasteiger partial charge in [-0.3, -0.25) is 0 Å². The molecule has 6 heteroatoms. The van der Waals surface area contributed by atoms with Crippen molar-refractivity contribution in [1.29, 1.82) is 0 Å². The summed E-state index contributed by atoms with van der Waals surface area (Å²) in [5, 5.41) is 12.9. The zero-order valence-corrected chi connectivity index (χ0v) is 11.4. The second-order valence-electron chi connectivity index (χ2n) is 3.60. The van der Waals surface area contributed by atoms with Gasteiger partial charge in [-0.1, -0.05) is 25.2 Å². The van der Waals surface area contributed by atoms with Crippen molar-refractivity contribution in [1.82, 2.24) is 15.5 Å². The van der Waals surface area contributed by atoms with Crippen molar-refractivity contribution in [3.63, 3.8) is 0 Å². The third-order valence-corrected chi connectivity index (χ3v) is 2.79. The van der Waals surface area contributed by atoms with Gasteiger partial charge in [-0.05, 0) is 19.4 Å². The predicted molar refractivity (Wildman–Crippen MR) is 68.5 cm³/mol. The van der Waals surface area contributed by atoms with Crippen LogP contribution in [0.25, 0.3) is 0 Å². The van der Waals surface area contributed by atoms with Crippen LogP contribution in [0.15, 0.2) is 0 Å². The number of hydrogen-bond acceptors (Lipinski definition) is 6. The van der Waals surface area contributed by atoms with Crippen molar-refractivity contribution in [3.8, 4) is 5.19 Å². The Labute approximate surface area is 107 Å². The first-order chi connectivity index (χ1) is 8.36. The van der Waals surface area contributed by atoms with E-state index in [9.17, 15) is 0 Å². The van der Waals surface area contributed by atoms with Crippen molar-refractivity contribution in [2.45, 2.75) is 33.2 Å². The third-order valence-electron chi connectivity index (χ3n) is 1.95. The highest BCUT2D eigenvalue weighted by molar-refractivity contribution is 7.13. The van der Waals surface area contributed by atoms with Crippen LogP contribution in [0.1, 0.15) is 31.7 Å². The minimum Gasteiger partial charge on any atom is -0.466 e. The summed E-state index contributed by atoms with van der Waals surface area (Å²) in [5.74, 6) is 0. The van der Waals surface area contributed by atoms with Gasteiger partial charge in [0.1, 0.15) is 11.6 Å². The molecule has 0 atom stereocenters. The molecule has 0 aromatic carbocycles. The Bertz CT molecular complexity index is 294. The Morgan fingerprint density at radius 1 is 1.12 bits per heavy atom. The second kappa shape index (κ2) is 9.32. The van der Waals surface area contributed by atoms with Crippen molar-refractivity contribution in [2.24, 2.45) is 0 Å². The van der Waals surface area contributed by atoms with Crippen LogP contribution in [0.2, 0.25) is 0 Å². The summed E-state index contributed by atoms with van der Waals surface area (Å²) in [6, 6.07) is 0. The number of hydrogen-bond donors (Lipinski definition) is 1. The molecule has 5 nitrogen and oxygen atoms in total. The van der Waals surface area contributed by atoms with E-state index in [0.29, 0.717) is 18.4 Å². The molecule has 0 spiro atoms. The summed E-state index contributed by atoms with van der Waals surface area (Å²) in [6.07, 6.45) is 2.16. The lowest BCUT2D eigenvalue weighted by Gasteiger charge is -2.02. The fourth-order valence-corrected chi connectivity index (χ4v) is 1.86. The molecule has 1 rings (SSSR count). The standard InChI is InChI=1S/C11H21N3O2S/c1-3-5-12-9-10-13-14-11(17-10)16-8-7-15-6-4-2/h12H,3-9H2,1-2H3. The number of nitrogens with zero attached hydrogens (tertiary/aromatic N) is 2. The monoisotopic (exact) mass is 259 g/mol. The molecule has 1 aromatic heterocycles. The average Bonchev–Trinajstić information content (AvgIpc) is 2.77. The lowest BCUT2D eigenvalue weighted by atomic mass is 10.5. The Morgan fingerprint density at radius 2 is 2.00 bits per heavy atom. The molecule has 98 valence electrons. The molecule has 0 amide bonds. The molecule has 17 heavy (non-hydrogen) atoms. The molecular formula is C11H21N3O2S. The van der Waals surface area contributed by atoms with E-state index in [1.165, 1.54) is 11.3 Å². The van der Waals surface area contributed by atoms with Crippen LogP contribution in [0.3, 0.4) is 0 Å². The Balaban J connectivity index is 2.12. The van der Waals surface area contributed by atoms with Crippen LogP contribution >= 0.6 is 11.3 Å². The fourth-order valence-electron chi connectivity index (χ4n) is 1.17. The highest BCUT2D eigenvalue weighted by atomic mass is 32.1. The minimum absolute atomic E-state index is 0.539. The summed E-state index contributed by atoms with van der Waals surface area (Å²) >= 11 is 1.48. The van der Waals surface area contributed by atoms with E-state index in [4.69, 9.17) is 9.47 Å². The zero-order chi connectivity index (χ0) is 12.3. The molecule has 1 N–H and O–H groups in total. The van der Waals surface area contributed by atoms with Crippen molar-refractivity contribution >= 4 is 11.3 Å². The van der Waals surface area contributed by atoms with Crippen LogP contribution in [0, 0.1) is 0 Å². The number of aromatic nitrogens is 2. The molecule has 0 aliphatic carbocycles. The largest absolute Gasteiger partial charge is 0.466 e. The van der Waals surface area contributed by atoms with Crippen LogP contribution in [-0.2, 0) is 11.3 Å². The van der Waals surface area contributed by atoms with E-state index >= 15 is 0 Å². The van der Waals surface area contributed by atoms with Crippen LogP contribution < -0.4 is 10.1 Å². The average molecular weight is 259 g/mol. The molecule has 0 unspecified atom stereocenters. The quantitative estimate of drug-likeness (QED) is 0.650. The summed E-state index contributed by atoms with van der Waals surface area (Å²) in [6.45, 7) is 7.92. The van der Waals surface area contributed by atoms with Gasteiger partial charge in [0.2, 0.25) is 0 Å². The van der Waals surface area contributed by atoms with E-state index < -0.39 is 0 Å². The van der Waals surface area contributed by atoms with Crippen LogP contribution in [0.5, 0.6) is 5.19 Å². The topological polar surface area (TPSA) is 56.3 Å². The summed E-state index contributed by atoms with van der Waals surface area (Å²) < 4.78 is 10.7. The molecule has 0 radical (unpaired) electrons. The third kappa shape index (κ3) is 6.55. The zero-order valence-electron chi connectivity index (χ0n) is 10.6. The maximum absolute atomic E-state index is 5.43. The SMILES string of the molecule is CCCNCc1nnc(OCCOCCC)s1. The van der Waals surface area contributed by atoms with E-state index in [1.54, 1.807) is 0 Å². The summed E-state index contributed by atoms with van der Waals surface area (Å²) in [7, 11) is 0. The molecule has 0 aliphatic heterocycles. The van der Waals surface area contributed by atoms with Gasteiger partial charge in [0.05, 0.1) is 6.61 Å². The molecule has 1 aromatic rings. The Kier molecular flexibility index (Phi) is 7.87. The first-order valence-electron chi connectivity index (χ1n) is 6.10. The predicted octanol–water partition coefficient (Wildman–Crippen LogP) is 1.84. The van der Waals surface area contributed by atoms with E-state index in [2.05, 4.69) is 29.4 Å². The van der Waals surface area contributed by atoms with Crippen molar-refractivity contribution in [2.75, 3.05) is 26.4 Å². The summed E-state index contributed by atoms with van der Waals surface area (Å²) in [4.78, 5) is 0. The van der Waals surface area contributed by atoms with Gasteiger partial charge in [0.15, 0.2) is 0 Å². The Morgan fingerprint density at radius 3 is 2.76 bits per heavy atom. The molecule has 0 aliphatic rings. The lowest BCUT2D eigenvalue weighted by Crippen LogP contribution is -2.13. The van der Waals surface area contributed by atoms with Gasteiger partial charge in [-0.2, -0.15) is 0 Å². The normalized spacial score (nSPS) is 10.7. The molecule has 0 bridgehead atoms. The molecule has 0 saturated heterocycles. The van der Waals surface area contributed by atoms with Gasteiger partial charge in [-0.15, -0.1) is 10.2 Å². The maximum Gasteiger partial charge on any atom is 0.294 e. The fraction of sp³-hybridized carbons (Fsp3) is 0.818. The second-order valence-corrected chi connectivity index (χ2v) is 4.62. The minimum atomic E-state index is 0.539. The number of rotatable bonds is 10. The van der Waals surface area contributed by atoms with Gasteiger partial charge in [0, 0.05) is 13.2 Å². The molecular weight excluding hydrogens is 238 g/mol. The maximum atomic E-state index is 5.43. The van der Waals surface area contributed by atoms with Crippen molar-refractivity contribution in [3.05, 3.63) is 5.01 Å². The van der Waals surface area contributed by atoms with Crippen LogP contribution in [0.4, 0.5) is 0 Å². The van der Waals surface area contributed by atoms with Crippen LogP contribution in [-0.4, -0.2) is 36.6 Å². The number of ether oxygens (including phenoxy) is 2. The molecule has 1 heterocycles. The van der Waals surface area contributed by atoms with Gasteiger partial charge in [0.25, 0.3) is 5.19 Å². The highest BCUT2D eigenvalue weighted by Crippen LogP contribution is 2.17. The van der Waals surface area contributed by atoms with E-state index in [1.807, 2.05) is 0 Å². The number of nitrogens with one attached hydrogen (secondary N) is 1. The Hall–Kier alpha value is -0.720. The smallest absolute Gasteiger partial charge is 0.294 e. The van der Waals surface area contributed by atoms with E-state index in [-0.39, 0.29) is 0 Å². The summed E-state index contributed by atoms with van der Waals surface area (Å²) in [5.41, 5.74) is 0. The van der Waals surface area contributed by atoms with Crippen molar-refractivity contribution < 1.29 is 9.47 Å². The first-order valence-corrected chi connectivity index (χ1v) is 6.92. The van der Waals surface area contributed by atoms with E-state index in [0.717, 1.165) is 37.5 Å². The molecule has 0 fully saturated rings. The van der Waals surface area contributed by atoms with Gasteiger partial charge >= 0.3 is 0 Å². The lowest BCUT2D eigenvalue weighted by molar-refractivity contribution is 0.100. The first kappa shape index (κ1) is 14.3. The highest BCUT2D eigenvalue weighted by Gasteiger charge is 2.04.